The maximum atomic E-state index is 12.2. The molecule has 0 aliphatic heterocycles. The van der Waals surface area contributed by atoms with Gasteiger partial charge in [-0.15, -0.1) is 11.8 Å². The van der Waals surface area contributed by atoms with E-state index in [2.05, 4.69) is 4.72 Å². The van der Waals surface area contributed by atoms with Crippen molar-refractivity contribution in [3.05, 3.63) is 24.3 Å². The minimum atomic E-state index is -3.25. The summed E-state index contributed by atoms with van der Waals surface area (Å²) in [6.45, 7) is 4.08. The Morgan fingerprint density at radius 2 is 1.90 bits per heavy atom. The fourth-order valence-corrected chi connectivity index (χ4v) is 5.24. The van der Waals surface area contributed by atoms with Crippen LogP contribution in [0.3, 0.4) is 0 Å². The first-order valence-electron chi connectivity index (χ1n) is 7.72. The van der Waals surface area contributed by atoms with E-state index in [9.17, 15) is 8.42 Å². The second-order valence-electron chi connectivity index (χ2n) is 6.12. The summed E-state index contributed by atoms with van der Waals surface area (Å²) >= 11 is 1.82. The molecule has 118 valence electrons. The van der Waals surface area contributed by atoms with Crippen molar-refractivity contribution in [2.75, 3.05) is 10.5 Å². The third-order valence-electron chi connectivity index (χ3n) is 3.71. The largest absolute Gasteiger partial charge is 0.282 e. The van der Waals surface area contributed by atoms with Crippen LogP contribution in [0.4, 0.5) is 5.69 Å². The molecule has 1 aliphatic carbocycles. The molecule has 0 saturated heterocycles. The van der Waals surface area contributed by atoms with Gasteiger partial charge in [0.15, 0.2) is 0 Å². The molecular formula is C16H25NO2S2. The Morgan fingerprint density at radius 3 is 2.57 bits per heavy atom. The summed E-state index contributed by atoms with van der Waals surface area (Å²) in [7, 11) is -3.25. The lowest BCUT2D eigenvalue weighted by Crippen LogP contribution is -2.18. The minimum absolute atomic E-state index is 0.188. The van der Waals surface area contributed by atoms with Crippen LogP contribution in [0.25, 0.3) is 0 Å². The molecule has 0 unspecified atom stereocenters. The first-order valence-corrected chi connectivity index (χ1v) is 10.3. The summed E-state index contributed by atoms with van der Waals surface area (Å²) in [5.41, 5.74) is 0.734. The van der Waals surface area contributed by atoms with E-state index in [1.54, 1.807) is 0 Å². The number of hydrogen-bond acceptors (Lipinski definition) is 3. The SMILES string of the molecule is CC(C)CCS(=O)(=O)Nc1ccccc1SC1CCCC1. The van der Waals surface area contributed by atoms with E-state index >= 15 is 0 Å². The van der Waals surface area contributed by atoms with Gasteiger partial charge in [-0.25, -0.2) is 8.42 Å². The predicted molar refractivity (Wildman–Crippen MR) is 91.4 cm³/mol. The molecule has 0 heterocycles. The highest BCUT2D eigenvalue weighted by Gasteiger charge is 2.19. The van der Waals surface area contributed by atoms with Crippen molar-refractivity contribution in [3.63, 3.8) is 0 Å². The smallest absolute Gasteiger partial charge is 0.232 e. The van der Waals surface area contributed by atoms with Crippen LogP contribution < -0.4 is 4.72 Å². The Labute approximate surface area is 133 Å². The molecule has 5 heteroatoms. The lowest BCUT2D eigenvalue weighted by Gasteiger charge is -2.15. The lowest BCUT2D eigenvalue weighted by atomic mass is 10.2. The summed E-state index contributed by atoms with van der Waals surface area (Å²) in [5.74, 6) is 0.581. The number of rotatable bonds is 7. The van der Waals surface area contributed by atoms with Crippen LogP contribution in [0.15, 0.2) is 29.2 Å². The molecule has 0 atom stereocenters. The van der Waals surface area contributed by atoms with E-state index in [0.29, 0.717) is 17.6 Å². The van der Waals surface area contributed by atoms with Gasteiger partial charge in [-0.1, -0.05) is 38.8 Å². The van der Waals surface area contributed by atoms with Gasteiger partial charge < -0.3 is 0 Å². The molecule has 0 aromatic heterocycles. The van der Waals surface area contributed by atoms with E-state index < -0.39 is 10.0 Å². The number of anilines is 1. The van der Waals surface area contributed by atoms with Gasteiger partial charge in [-0.2, -0.15) is 0 Å². The van der Waals surface area contributed by atoms with Gasteiger partial charge in [0.1, 0.15) is 0 Å². The molecule has 0 radical (unpaired) electrons. The van der Waals surface area contributed by atoms with Crippen LogP contribution in [0.5, 0.6) is 0 Å². The highest BCUT2D eigenvalue weighted by atomic mass is 32.2. The summed E-state index contributed by atoms with van der Waals surface area (Å²) in [6, 6.07) is 7.75. The van der Waals surface area contributed by atoms with Gasteiger partial charge in [0, 0.05) is 10.1 Å². The van der Waals surface area contributed by atoms with Crippen LogP contribution in [0, 0.1) is 5.92 Å². The van der Waals surface area contributed by atoms with Gasteiger partial charge in [-0.3, -0.25) is 4.72 Å². The van der Waals surface area contributed by atoms with E-state index in [0.717, 1.165) is 10.6 Å². The number of para-hydroxylation sites is 1. The van der Waals surface area contributed by atoms with Gasteiger partial charge in [0.25, 0.3) is 0 Å². The number of benzene rings is 1. The van der Waals surface area contributed by atoms with Gasteiger partial charge in [0.2, 0.25) is 10.0 Å². The van der Waals surface area contributed by atoms with Crippen LogP contribution >= 0.6 is 11.8 Å². The average molecular weight is 328 g/mol. The maximum Gasteiger partial charge on any atom is 0.232 e. The number of nitrogens with one attached hydrogen (secondary N) is 1. The Morgan fingerprint density at radius 1 is 1.24 bits per heavy atom. The van der Waals surface area contributed by atoms with Gasteiger partial charge in [-0.05, 0) is 37.3 Å². The first kappa shape index (κ1) is 16.7. The zero-order valence-electron chi connectivity index (χ0n) is 12.8. The Kier molecular flexibility index (Phi) is 5.99. The van der Waals surface area contributed by atoms with Crippen molar-refractivity contribution in [1.29, 1.82) is 0 Å². The standard InChI is InChI=1S/C16H25NO2S2/c1-13(2)11-12-21(18,19)17-15-9-5-6-10-16(15)20-14-7-3-4-8-14/h5-6,9-10,13-14,17H,3-4,7-8,11-12H2,1-2H3. The number of sulfonamides is 1. The highest BCUT2D eigenvalue weighted by molar-refractivity contribution is 8.00. The van der Waals surface area contributed by atoms with Crippen LogP contribution in [-0.2, 0) is 10.0 Å². The third kappa shape index (κ3) is 5.55. The Bertz CT molecular complexity index is 549. The van der Waals surface area contributed by atoms with Crippen LogP contribution in [0.2, 0.25) is 0 Å². The third-order valence-corrected chi connectivity index (χ3v) is 6.43. The van der Waals surface area contributed by atoms with Crippen molar-refractivity contribution in [3.8, 4) is 0 Å². The number of hydrogen-bond donors (Lipinski definition) is 1. The fourth-order valence-electron chi connectivity index (χ4n) is 2.45. The molecule has 0 amide bonds. The van der Waals surface area contributed by atoms with E-state index in [-0.39, 0.29) is 5.75 Å². The monoisotopic (exact) mass is 327 g/mol. The molecule has 0 bridgehead atoms. The van der Waals surface area contributed by atoms with E-state index in [1.165, 1.54) is 25.7 Å². The molecule has 0 spiro atoms. The minimum Gasteiger partial charge on any atom is -0.282 e. The van der Waals surface area contributed by atoms with Crippen molar-refractivity contribution >= 4 is 27.5 Å². The highest BCUT2D eigenvalue weighted by Crippen LogP contribution is 2.38. The van der Waals surface area contributed by atoms with Crippen molar-refractivity contribution in [1.82, 2.24) is 0 Å². The van der Waals surface area contributed by atoms with E-state index in [4.69, 9.17) is 0 Å². The van der Waals surface area contributed by atoms with Gasteiger partial charge in [0.05, 0.1) is 11.4 Å². The van der Waals surface area contributed by atoms with Crippen LogP contribution in [0.1, 0.15) is 46.0 Å². The average Bonchev–Trinajstić information content (AvgIpc) is 2.92. The Hall–Kier alpha value is -0.680. The predicted octanol–water partition coefficient (Wildman–Crippen LogP) is 4.51. The topological polar surface area (TPSA) is 46.2 Å². The first-order chi connectivity index (χ1) is 9.96. The molecule has 21 heavy (non-hydrogen) atoms. The van der Waals surface area contributed by atoms with E-state index in [1.807, 2.05) is 49.9 Å². The molecule has 1 aromatic rings. The molecule has 3 nitrogen and oxygen atoms in total. The molecule has 1 saturated carbocycles. The number of thioether (sulfide) groups is 1. The summed E-state index contributed by atoms with van der Waals surface area (Å²) in [5, 5.41) is 0.631. The van der Waals surface area contributed by atoms with Gasteiger partial charge >= 0.3 is 0 Å². The molecule has 1 aromatic carbocycles. The summed E-state index contributed by atoms with van der Waals surface area (Å²) in [4.78, 5) is 1.05. The molecule has 1 N–H and O–H groups in total. The maximum absolute atomic E-state index is 12.2. The lowest BCUT2D eigenvalue weighted by molar-refractivity contribution is 0.578. The molecule has 1 fully saturated rings. The molecule has 1 aliphatic rings. The zero-order chi connectivity index (χ0) is 15.3. The van der Waals surface area contributed by atoms with Crippen molar-refractivity contribution in [2.45, 2.75) is 56.1 Å². The van der Waals surface area contributed by atoms with Crippen LogP contribution in [-0.4, -0.2) is 19.4 Å². The zero-order valence-corrected chi connectivity index (χ0v) is 14.5. The molecule has 2 rings (SSSR count). The fraction of sp³-hybridized carbons (Fsp3) is 0.625. The van der Waals surface area contributed by atoms with Crippen molar-refractivity contribution in [2.24, 2.45) is 5.92 Å². The summed E-state index contributed by atoms with van der Waals surface area (Å²) in [6.07, 6.45) is 5.74. The normalized spacial score (nSPS) is 16.5. The molecular weight excluding hydrogens is 302 g/mol. The Balaban J connectivity index is 2.05. The summed E-state index contributed by atoms with van der Waals surface area (Å²) < 4.78 is 27.1. The quantitative estimate of drug-likeness (QED) is 0.801. The van der Waals surface area contributed by atoms with Crippen molar-refractivity contribution < 1.29 is 8.42 Å². The second-order valence-corrected chi connectivity index (χ2v) is 9.31. The second kappa shape index (κ2) is 7.54.